The number of carbonyl (C=O) groups is 1. The Kier molecular flexibility index (Phi) is 7.67. The number of carbonyl (C=O) groups excluding carboxylic acids is 1. The molecule has 0 aliphatic carbocycles. The van der Waals surface area contributed by atoms with E-state index in [0.717, 1.165) is 41.7 Å². The summed E-state index contributed by atoms with van der Waals surface area (Å²) in [7, 11) is 3.37. The summed E-state index contributed by atoms with van der Waals surface area (Å²) < 4.78 is 16.2. The summed E-state index contributed by atoms with van der Waals surface area (Å²) in [5, 5.41) is 3.12. The van der Waals surface area contributed by atoms with E-state index in [9.17, 15) is 4.79 Å². The fourth-order valence-electron chi connectivity index (χ4n) is 3.97. The first kappa shape index (κ1) is 21.3. The summed E-state index contributed by atoms with van der Waals surface area (Å²) in [4.78, 5) is 13.1. The van der Waals surface area contributed by atoms with Gasteiger partial charge in [0.15, 0.2) is 0 Å². The van der Waals surface area contributed by atoms with E-state index in [0.29, 0.717) is 32.8 Å². The van der Waals surface area contributed by atoms with Crippen molar-refractivity contribution >= 4 is 5.91 Å². The van der Waals surface area contributed by atoms with E-state index in [1.165, 1.54) is 0 Å². The molecule has 3 rings (SSSR count). The third kappa shape index (κ3) is 5.37. The zero-order valence-corrected chi connectivity index (χ0v) is 17.4. The SMILES string of the molecule is COCCCNC(=O)C1(Cc2cccc(-c3ccccc3OC)c2)CCOCC1. The number of nitrogens with one attached hydrogen (secondary N) is 1. The van der Waals surface area contributed by atoms with Crippen LogP contribution in [-0.2, 0) is 20.7 Å². The molecule has 1 aliphatic heterocycles. The number of rotatable bonds is 9. The van der Waals surface area contributed by atoms with Gasteiger partial charge in [0.2, 0.25) is 5.91 Å². The largest absolute Gasteiger partial charge is 0.496 e. The summed E-state index contributed by atoms with van der Waals surface area (Å²) in [6.45, 7) is 2.53. The lowest BCUT2D eigenvalue weighted by Gasteiger charge is -2.36. The predicted molar refractivity (Wildman–Crippen MR) is 114 cm³/mol. The van der Waals surface area contributed by atoms with Crippen molar-refractivity contribution in [2.24, 2.45) is 5.41 Å². The maximum Gasteiger partial charge on any atom is 0.226 e. The molecule has 0 unspecified atom stereocenters. The van der Waals surface area contributed by atoms with Crippen LogP contribution in [0.25, 0.3) is 11.1 Å². The van der Waals surface area contributed by atoms with E-state index < -0.39 is 5.41 Å². The molecule has 1 fully saturated rings. The van der Waals surface area contributed by atoms with Gasteiger partial charge in [-0.1, -0.05) is 42.5 Å². The number of amides is 1. The van der Waals surface area contributed by atoms with Crippen LogP contribution < -0.4 is 10.1 Å². The van der Waals surface area contributed by atoms with Crippen molar-refractivity contribution in [3.8, 4) is 16.9 Å². The highest BCUT2D eigenvalue weighted by atomic mass is 16.5. The van der Waals surface area contributed by atoms with Gasteiger partial charge in [0, 0.05) is 39.0 Å². The molecule has 1 amide bonds. The van der Waals surface area contributed by atoms with E-state index in [2.05, 4.69) is 35.6 Å². The van der Waals surface area contributed by atoms with Crippen molar-refractivity contribution in [3.63, 3.8) is 0 Å². The summed E-state index contributed by atoms with van der Waals surface area (Å²) >= 11 is 0. The number of ether oxygens (including phenoxy) is 3. The van der Waals surface area contributed by atoms with Gasteiger partial charge in [-0.05, 0) is 42.9 Å². The summed E-state index contributed by atoms with van der Waals surface area (Å²) in [6.07, 6.45) is 3.00. The maximum absolute atomic E-state index is 13.1. The Balaban J connectivity index is 1.80. The Morgan fingerprint density at radius 1 is 1.10 bits per heavy atom. The minimum absolute atomic E-state index is 0.125. The standard InChI is InChI=1S/C24H31NO4/c1-27-14-6-13-25-23(26)24(11-15-29-16-12-24)18-19-7-5-8-20(17-19)21-9-3-4-10-22(21)28-2/h3-5,7-10,17H,6,11-16,18H2,1-2H3,(H,25,26). The van der Waals surface area contributed by atoms with Crippen LogP contribution in [0.15, 0.2) is 48.5 Å². The molecule has 1 saturated heterocycles. The maximum atomic E-state index is 13.1. The molecule has 0 saturated carbocycles. The van der Waals surface area contributed by atoms with Gasteiger partial charge in [-0.3, -0.25) is 4.79 Å². The summed E-state index contributed by atoms with van der Waals surface area (Å²) in [6, 6.07) is 16.4. The normalized spacial score (nSPS) is 15.7. The molecule has 1 N–H and O–H groups in total. The number of para-hydroxylation sites is 1. The number of methoxy groups -OCH3 is 2. The molecule has 1 heterocycles. The monoisotopic (exact) mass is 397 g/mol. The van der Waals surface area contributed by atoms with Gasteiger partial charge in [0.1, 0.15) is 5.75 Å². The molecule has 0 atom stereocenters. The van der Waals surface area contributed by atoms with Gasteiger partial charge >= 0.3 is 0 Å². The Morgan fingerprint density at radius 3 is 2.66 bits per heavy atom. The molecule has 0 spiro atoms. The van der Waals surface area contributed by atoms with E-state index >= 15 is 0 Å². The van der Waals surface area contributed by atoms with Crippen LogP contribution >= 0.6 is 0 Å². The minimum Gasteiger partial charge on any atom is -0.496 e. The Bertz CT molecular complexity index is 799. The van der Waals surface area contributed by atoms with E-state index in [1.54, 1.807) is 14.2 Å². The van der Waals surface area contributed by atoms with Crippen LogP contribution in [0.1, 0.15) is 24.8 Å². The van der Waals surface area contributed by atoms with Crippen molar-refractivity contribution in [2.75, 3.05) is 40.6 Å². The first-order chi connectivity index (χ1) is 14.2. The molecule has 2 aromatic carbocycles. The lowest BCUT2D eigenvalue weighted by atomic mass is 9.74. The third-order valence-corrected chi connectivity index (χ3v) is 5.63. The predicted octanol–water partition coefficient (Wildman–Crippen LogP) is 3.85. The molecule has 1 aliphatic rings. The van der Waals surface area contributed by atoms with Gasteiger partial charge in [-0.25, -0.2) is 0 Å². The van der Waals surface area contributed by atoms with Gasteiger partial charge in [-0.2, -0.15) is 0 Å². The molecule has 5 heteroatoms. The molecule has 0 aromatic heterocycles. The van der Waals surface area contributed by atoms with Crippen LogP contribution in [0.4, 0.5) is 0 Å². The molecule has 29 heavy (non-hydrogen) atoms. The quantitative estimate of drug-likeness (QED) is 0.653. The average molecular weight is 398 g/mol. The second-order valence-corrected chi connectivity index (χ2v) is 7.57. The van der Waals surface area contributed by atoms with Gasteiger partial charge in [0.25, 0.3) is 0 Å². The summed E-state index contributed by atoms with van der Waals surface area (Å²) in [5.74, 6) is 0.973. The van der Waals surface area contributed by atoms with Crippen LogP contribution in [0.3, 0.4) is 0 Å². The molecule has 2 aromatic rings. The van der Waals surface area contributed by atoms with Crippen molar-refractivity contribution in [2.45, 2.75) is 25.7 Å². The van der Waals surface area contributed by atoms with Crippen LogP contribution in [-0.4, -0.2) is 46.5 Å². The van der Waals surface area contributed by atoms with Crippen molar-refractivity contribution < 1.29 is 19.0 Å². The van der Waals surface area contributed by atoms with Crippen molar-refractivity contribution in [1.29, 1.82) is 0 Å². The highest BCUT2D eigenvalue weighted by Crippen LogP contribution is 2.36. The molecule has 156 valence electrons. The molecular weight excluding hydrogens is 366 g/mol. The smallest absolute Gasteiger partial charge is 0.226 e. The van der Waals surface area contributed by atoms with Crippen LogP contribution in [0.2, 0.25) is 0 Å². The average Bonchev–Trinajstić information content (AvgIpc) is 2.77. The lowest BCUT2D eigenvalue weighted by molar-refractivity contribution is -0.136. The van der Waals surface area contributed by atoms with Crippen molar-refractivity contribution in [1.82, 2.24) is 5.32 Å². The molecule has 5 nitrogen and oxygen atoms in total. The fraction of sp³-hybridized carbons (Fsp3) is 0.458. The number of hydrogen-bond acceptors (Lipinski definition) is 4. The summed E-state index contributed by atoms with van der Waals surface area (Å²) in [5.41, 5.74) is 2.89. The number of benzene rings is 2. The second kappa shape index (κ2) is 10.4. The van der Waals surface area contributed by atoms with E-state index in [4.69, 9.17) is 14.2 Å². The topological polar surface area (TPSA) is 56.8 Å². The van der Waals surface area contributed by atoms with Gasteiger partial charge in [-0.15, -0.1) is 0 Å². The number of hydrogen-bond donors (Lipinski definition) is 1. The zero-order chi connectivity index (χ0) is 20.5. The van der Waals surface area contributed by atoms with E-state index in [-0.39, 0.29) is 5.91 Å². The van der Waals surface area contributed by atoms with Gasteiger partial charge < -0.3 is 19.5 Å². The van der Waals surface area contributed by atoms with E-state index in [1.807, 2.05) is 18.2 Å². The highest BCUT2D eigenvalue weighted by Gasteiger charge is 2.39. The Labute approximate surface area is 173 Å². The fourth-order valence-corrected chi connectivity index (χ4v) is 3.97. The second-order valence-electron chi connectivity index (χ2n) is 7.57. The van der Waals surface area contributed by atoms with Gasteiger partial charge in [0.05, 0.1) is 12.5 Å². The third-order valence-electron chi connectivity index (χ3n) is 5.63. The van der Waals surface area contributed by atoms with Crippen LogP contribution in [0, 0.1) is 5.41 Å². The first-order valence-electron chi connectivity index (χ1n) is 10.3. The molecule has 0 radical (unpaired) electrons. The molecular formula is C24H31NO4. The Hall–Kier alpha value is -2.37. The molecule has 0 bridgehead atoms. The lowest BCUT2D eigenvalue weighted by Crippen LogP contribution is -2.46. The first-order valence-corrected chi connectivity index (χ1v) is 10.3. The van der Waals surface area contributed by atoms with Crippen molar-refractivity contribution in [3.05, 3.63) is 54.1 Å². The Morgan fingerprint density at radius 2 is 1.90 bits per heavy atom. The van der Waals surface area contributed by atoms with Crippen LogP contribution in [0.5, 0.6) is 5.75 Å². The highest BCUT2D eigenvalue weighted by molar-refractivity contribution is 5.83. The zero-order valence-electron chi connectivity index (χ0n) is 17.4. The minimum atomic E-state index is -0.426.